The van der Waals surface area contributed by atoms with Gasteiger partial charge in [0, 0.05) is 5.38 Å². The molecule has 0 spiro atoms. The minimum Gasteiger partial charge on any atom is -0.123 e. The molecule has 0 heterocycles. The number of hydrogen-bond acceptors (Lipinski definition) is 0. The van der Waals surface area contributed by atoms with Crippen molar-refractivity contribution >= 4 is 11.6 Å². The van der Waals surface area contributed by atoms with Gasteiger partial charge in [-0.25, -0.2) is 0 Å². The highest BCUT2D eigenvalue weighted by molar-refractivity contribution is 6.20. The van der Waals surface area contributed by atoms with Gasteiger partial charge in [-0.05, 0) is 12.8 Å². The summed E-state index contributed by atoms with van der Waals surface area (Å²) >= 11 is 5.89. The van der Waals surface area contributed by atoms with Crippen molar-refractivity contribution in [2.75, 3.05) is 0 Å². The molecule has 0 nitrogen and oxygen atoms in total. The molecule has 1 unspecified atom stereocenters. The maximum absolute atomic E-state index is 5.89. The molecule has 15 heavy (non-hydrogen) atoms. The predicted molar refractivity (Wildman–Crippen MR) is 70.4 cm³/mol. The Morgan fingerprint density at radius 1 is 1.13 bits per heavy atom. The van der Waals surface area contributed by atoms with Crippen molar-refractivity contribution in [1.82, 2.24) is 0 Å². The predicted octanol–water partition coefficient (Wildman–Crippen LogP) is 5.05. The molecule has 0 bridgehead atoms. The lowest BCUT2D eigenvalue weighted by molar-refractivity contribution is 0.682. The third-order valence-corrected chi connectivity index (χ3v) is 2.36. The van der Waals surface area contributed by atoms with E-state index in [4.69, 9.17) is 11.6 Å². The molecule has 0 radical (unpaired) electrons. The van der Waals surface area contributed by atoms with Crippen molar-refractivity contribution in [3.8, 4) is 0 Å². The molecule has 1 atom stereocenters. The Labute approximate surface area is 99.0 Å². The number of unbranched alkanes of at least 4 members (excludes halogenated alkanes) is 1. The molecule has 84 valence electrons. The van der Waals surface area contributed by atoms with Gasteiger partial charge in [0.2, 0.25) is 0 Å². The van der Waals surface area contributed by atoms with Crippen molar-refractivity contribution in [3.05, 3.63) is 49.1 Å². The number of rotatable bonds is 5. The van der Waals surface area contributed by atoms with Crippen LogP contribution < -0.4 is 0 Å². The van der Waals surface area contributed by atoms with Gasteiger partial charge in [0.05, 0.1) is 0 Å². The third kappa shape index (κ3) is 11.2. The van der Waals surface area contributed by atoms with Crippen LogP contribution in [0.5, 0.6) is 0 Å². The molecule has 0 amide bonds. The number of halogens is 1. The van der Waals surface area contributed by atoms with Crippen molar-refractivity contribution in [2.24, 2.45) is 0 Å². The largest absolute Gasteiger partial charge is 0.123 e. The highest BCUT2D eigenvalue weighted by atomic mass is 35.5. The van der Waals surface area contributed by atoms with Crippen molar-refractivity contribution in [2.45, 2.75) is 38.0 Å². The molecular formula is C14H21Cl. The van der Waals surface area contributed by atoms with E-state index in [1.807, 2.05) is 42.5 Å². The van der Waals surface area contributed by atoms with E-state index in [-0.39, 0.29) is 0 Å². The molecule has 0 aliphatic rings. The Kier molecular flexibility index (Phi) is 10.8. The molecule has 0 aliphatic carbocycles. The molecular weight excluding hydrogens is 204 g/mol. The summed E-state index contributed by atoms with van der Waals surface area (Å²) in [5, 5.41) is 0.322. The summed E-state index contributed by atoms with van der Waals surface area (Å²) in [5.41, 5.74) is 0. The maximum Gasteiger partial charge on any atom is 0.0370 e. The van der Waals surface area contributed by atoms with E-state index in [0.717, 1.165) is 12.8 Å². The van der Waals surface area contributed by atoms with Gasteiger partial charge in [0.1, 0.15) is 0 Å². The number of benzene rings is 1. The Bertz CT molecular complexity index is 191. The van der Waals surface area contributed by atoms with Crippen LogP contribution in [0.3, 0.4) is 0 Å². The van der Waals surface area contributed by atoms with Crippen LogP contribution in [0.25, 0.3) is 0 Å². The van der Waals surface area contributed by atoms with E-state index in [9.17, 15) is 0 Å². The monoisotopic (exact) mass is 224 g/mol. The quantitative estimate of drug-likeness (QED) is 0.485. The average Bonchev–Trinajstić information content (AvgIpc) is 2.30. The van der Waals surface area contributed by atoms with Crippen molar-refractivity contribution in [3.63, 3.8) is 0 Å². The van der Waals surface area contributed by atoms with Crippen LogP contribution in [0.4, 0.5) is 0 Å². The van der Waals surface area contributed by atoms with E-state index in [1.54, 1.807) is 0 Å². The highest BCUT2D eigenvalue weighted by Crippen LogP contribution is 2.10. The summed E-state index contributed by atoms with van der Waals surface area (Å²) < 4.78 is 0. The molecule has 1 heteroatoms. The van der Waals surface area contributed by atoms with E-state index < -0.39 is 0 Å². The van der Waals surface area contributed by atoms with Gasteiger partial charge in [0.25, 0.3) is 0 Å². The highest BCUT2D eigenvalue weighted by Gasteiger charge is 1.98. The van der Waals surface area contributed by atoms with E-state index in [1.165, 1.54) is 12.8 Å². The van der Waals surface area contributed by atoms with Gasteiger partial charge in [0.15, 0.2) is 0 Å². The lowest BCUT2D eigenvalue weighted by Crippen LogP contribution is -1.94. The molecule has 1 aromatic rings. The Balaban J connectivity index is 0.000000280. The smallest absolute Gasteiger partial charge is 0.0370 e. The Hall–Kier alpha value is -0.750. The van der Waals surface area contributed by atoms with Crippen LogP contribution in [-0.4, -0.2) is 5.38 Å². The van der Waals surface area contributed by atoms with E-state index in [0.29, 0.717) is 5.38 Å². The Morgan fingerprint density at radius 3 is 1.93 bits per heavy atom. The lowest BCUT2D eigenvalue weighted by atomic mass is 10.1. The van der Waals surface area contributed by atoms with E-state index in [2.05, 4.69) is 13.5 Å². The van der Waals surface area contributed by atoms with Crippen molar-refractivity contribution in [1.29, 1.82) is 0 Å². The zero-order valence-electron chi connectivity index (χ0n) is 9.53. The molecule has 0 fully saturated rings. The van der Waals surface area contributed by atoms with Crippen LogP contribution in [0.1, 0.15) is 32.6 Å². The third-order valence-electron chi connectivity index (χ3n) is 1.96. The second kappa shape index (κ2) is 11.3. The van der Waals surface area contributed by atoms with Crippen LogP contribution in [0.2, 0.25) is 0 Å². The molecule has 0 aliphatic heterocycles. The summed E-state index contributed by atoms with van der Waals surface area (Å²) in [6.07, 6.45) is 6.43. The summed E-state index contributed by atoms with van der Waals surface area (Å²) in [6, 6.07) is 12.0. The maximum atomic E-state index is 5.89. The topological polar surface area (TPSA) is 0 Å². The number of hydrogen-bond donors (Lipinski definition) is 0. The molecule has 1 aromatic carbocycles. The first-order valence-electron chi connectivity index (χ1n) is 5.56. The number of alkyl halides is 1. The lowest BCUT2D eigenvalue weighted by Gasteiger charge is -2.02. The summed E-state index contributed by atoms with van der Waals surface area (Å²) in [6.45, 7) is 5.80. The summed E-state index contributed by atoms with van der Waals surface area (Å²) in [7, 11) is 0. The van der Waals surface area contributed by atoms with Gasteiger partial charge in [-0.1, -0.05) is 62.2 Å². The molecule has 1 rings (SSSR count). The Morgan fingerprint density at radius 2 is 1.60 bits per heavy atom. The van der Waals surface area contributed by atoms with Gasteiger partial charge in [-0.3, -0.25) is 0 Å². The van der Waals surface area contributed by atoms with Gasteiger partial charge >= 0.3 is 0 Å². The standard InChI is InChI=1S/C8H15Cl.C6H6/c1-3-5-7-8(9)6-4-2;1-2-4-6-5-3-1/h4,8H,2-3,5-7H2,1H3;1-6H. The van der Waals surface area contributed by atoms with Gasteiger partial charge < -0.3 is 0 Å². The number of allylic oxidation sites excluding steroid dienone is 1. The van der Waals surface area contributed by atoms with Gasteiger partial charge in [-0.15, -0.1) is 18.2 Å². The average molecular weight is 225 g/mol. The fourth-order valence-corrected chi connectivity index (χ4v) is 1.39. The SMILES string of the molecule is C=CCC(Cl)CCCC.c1ccccc1. The van der Waals surface area contributed by atoms with Crippen LogP contribution in [0.15, 0.2) is 49.1 Å². The zero-order chi connectivity index (χ0) is 11.4. The normalized spacial score (nSPS) is 11.1. The van der Waals surface area contributed by atoms with Crippen LogP contribution in [0, 0.1) is 0 Å². The zero-order valence-corrected chi connectivity index (χ0v) is 10.3. The van der Waals surface area contributed by atoms with Gasteiger partial charge in [-0.2, -0.15) is 0 Å². The first kappa shape index (κ1) is 14.2. The summed E-state index contributed by atoms with van der Waals surface area (Å²) in [5.74, 6) is 0. The second-order valence-electron chi connectivity index (χ2n) is 3.42. The van der Waals surface area contributed by atoms with Crippen molar-refractivity contribution < 1.29 is 0 Å². The molecule has 0 N–H and O–H groups in total. The molecule has 0 aromatic heterocycles. The minimum absolute atomic E-state index is 0.322. The van der Waals surface area contributed by atoms with Crippen LogP contribution in [-0.2, 0) is 0 Å². The fraction of sp³-hybridized carbons (Fsp3) is 0.429. The second-order valence-corrected chi connectivity index (χ2v) is 4.04. The minimum atomic E-state index is 0.322. The summed E-state index contributed by atoms with van der Waals surface area (Å²) in [4.78, 5) is 0. The van der Waals surface area contributed by atoms with E-state index >= 15 is 0 Å². The fourth-order valence-electron chi connectivity index (χ4n) is 1.11. The first-order valence-corrected chi connectivity index (χ1v) is 5.99. The molecule has 0 saturated carbocycles. The first-order chi connectivity index (χ1) is 7.31. The van der Waals surface area contributed by atoms with Crippen LogP contribution >= 0.6 is 11.6 Å². The molecule has 0 saturated heterocycles.